The van der Waals surface area contributed by atoms with E-state index in [-0.39, 0.29) is 25.2 Å². The Kier molecular flexibility index (Phi) is 4.02. The van der Waals surface area contributed by atoms with E-state index in [1.54, 1.807) is 12.1 Å². The van der Waals surface area contributed by atoms with Crippen molar-refractivity contribution in [3.05, 3.63) is 29.3 Å². The molecule has 1 aromatic rings. The topological polar surface area (TPSA) is 106 Å². The quantitative estimate of drug-likeness (QED) is 0.494. The highest BCUT2D eigenvalue weighted by Crippen LogP contribution is 2.16. The summed E-state index contributed by atoms with van der Waals surface area (Å²) in [6.45, 7) is 0.273. The molecule has 0 spiro atoms. The molecule has 0 unspecified atom stereocenters. The second-order valence-corrected chi connectivity index (χ2v) is 3.45. The van der Waals surface area contributed by atoms with Crippen molar-refractivity contribution in [1.82, 2.24) is 0 Å². The van der Waals surface area contributed by atoms with Gasteiger partial charge in [0.05, 0.1) is 6.42 Å². The Morgan fingerprint density at radius 1 is 1.31 bits per heavy atom. The minimum atomic E-state index is -0.930. The zero-order chi connectivity index (χ0) is 12.1. The maximum atomic E-state index is 11.5. The van der Waals surface area contributed by atoms with Gasteiger partial charge in [0, 0.05) is 17.7 Å². The van der Waals surface area contributed by atoms with E-state index in [1.807, 2.05) is 0 Å². The van der Waals surface area contributed by atoms with Gasteiger partial charge in [0.2, 0.25) is 0 Å². The number of Topliss-reactive ketones (excluding diaryl/α,β-unsaturated/α-hetero) is 1. The van der Waals surface area contributed by atoms with Gasteiger partial charge in [-0.05, 0) is 24.2 Å². The number of carboxylic acids is 1. The van der Waals surface area contributed by atoms with Crippen molar-refractivity contribution in [2.24, 2.45) is 5.73 Å². The maximum Gasteiger partial charge on any atom is 0.307 e. The molecule has 0 atom stereocenters. The van der Waals surface area contributed by atoms with Crippen molar-refractivity contribution in [3.63, 3.8) is 0 Å². The van der Waals surface area contributed by atoms with Crippen LogP contribution in [-0.4, -0.2) is 23.4 Å². The van der Waals surface area contributed by atoms with Crippen LogP contribution in [0, 0.1) is 0 Å². The number of carboxylic acid groups (broad SMARTS) is 1. The Morgan fingerprint density at radius 3 is 2.50 bits per heavy atom. The average Bonchev–Trinajstić information content (AvgIpc) is 2.16. The zero-order valence-electron chi connectivity index (χ0n) is 8.77. The number of carbonyl (C=O) groups excluding carboxylic acids is 1. The minimum absolute atomic E-state index is 0.102. The van der Waals surface area contributed by atoms with Crippen LogP contribution in [0.1, 0.15) is 22.3 Å². The van der Waals surface area contributed by atoms with Crippen molar-refractivity contribution >= 4 is 17.4 Å². The smallest absolute Gasteiger partial charge is 0.307 e. The van der Waals surface area contributed by atoms with E-state index in [1.165, 1.54) is 6.07 Å². The summed E-state index contributed by atoms with van der Waals surface area (Å²) >= 11 is 0. The molecule has 5 heteroatoms. The number of rotatable bonds is 5. The highest BCUT2D eigenvalue weighted by Gasteiger charge is 2.10. The van der Waals surface area contributed by atoms with Gasteiger partial charge < -0.3 is 16.6 Å². The number of carbonyl (C=O) groups is 2. The van der Waals surface area contributed by atoms with Crippen LogP contribution < -0.4 is 11.5 Å². The molecule has 0 radical (unpaired) electrons. The van der Waals surface area contributed by atoms with Crippen molar-refractivity contribution < 1.29 is 14.7 Å². The Labute approximate surface area is 93.1 Å². The van der Waals surface area contributed by atoms with Crippen molar-refractivity contribution in [1.29, 1.82) is 0 Å². The molecule has 1 rings (SSSR count). The van der Waals surface area contributed by atoms with Gasteiger partial charge in [-0.15, -0.1) is 0 Å². The first-order valence-electron chi connectivity index (χ1n) is 4.88. The van der Waals surface area contributed by atoms with Gasteiger partial charge in [-0.1, -0.05) is 6.07 Å². The second-order valence-electron chi connectivity index (χ2n) is 3.45. The SMILES string of the molecule is NCCC(=O)c1ccc(CC(=O)O)cc1N. The number of anilines is 1. The normalized spacial score (nSPS) is 10.1. The molecule has 0 saturated heterocycles. The summed E-state index contributed by atoms with van der Waals surface area (Å²) in [5.41, 5.74) is 12.2. The van der Waals surface area contributed by atoms with E-state index in [0.29, 0.717) is 16.8 Å². The van der Waals surface area contributed by atoms with Crippen LogP contribution in [0.25, 0.3) is 0 Å². The lowest BCUT2D eigenvalue weighted by Gasteiger charge is -2.05. The number of nitrogens with two attached hydrogens (primary N) is 2. The monoisotopic (exact) mass is 222 g/mol. The van der Waals surface area contributed by atoms with Crippen LogP contribution in [-0.2, 0) is 11.2 Å². The molecule has 0 heterocycles. The molecule has 86 valence electrons. The summed E-state index contributed by atoms with van der Waals surface area (Å²) in [6, 6.07) is 4.65. The Morgan fingerprint density at radius 2 is 2.00 bits per heavy atom. The summed E-state index contributed by atoms with van der Waals surface area (Å²) in [4.78, 5) is 22.0. The van der Waals surface area contributed by atoms with Crippen LogP contribution in [0.3, 0.4) is 0 Å². The molecule has 0 aromatic heterocycles. The summed E-state index contributed by atoms with van der Waals surface area (Å²) in [6.07, 6.45) is 0.137. The van der Waals surface area contributed by atoms with Gasteiger partial charge in [-0.25, -0.2) is 0 Å². The van der Waals surface area contributed by atoms with Crippen LogP contribution >= 0.6 is 0 Å². The predicted molar refractivity (Wildman–Crippen MR) is 60.2 cm³/mol. The highest BCUT2D eigenvalue weighted by atomic mass is 16.4. The number of aliphatic carboxylic acids is 1. The molecule has 5 nitrogen and oxygen atoms in total. The van der Waals surface area contributed by atoms with Gasteiger partial charge >= 0.3 is 5.97 Å². The van der Waals surface area contributed by atoms with E-state index in [4.69, 9.17) is 16.6 Å². The summed E-state index contributed by atoms with van der Waals surface area (Å²) < 4.78 is 0. The lowest BCUT2D eigenvalue weighted by Crippen LogP contribution is -2.11. The molecule has 1 aromatic carbocycles. The third-order valence-corrected chi connectivity index (χ3v) is 2.14. The summed E-state index contributed by atoms with van der Waals surface area (Å²) in [5, 5.41) is 8.60. The number of ketones is 1. The molecular formula is C11H14N2O3. The summed E-state index contributed by atoms with van der Waals surface area (Å²) in [7, 11) is 0. The highest BCUT2D eigenvalue weighted by molar-refractivity contribution is 6.01. The standard InChI is InChI=1S/C11H14N2O3/c12-4-3-10(14)8-2-1-7(5-9(8)13)6-11(15)16/h1-2,5H,3-4,6,12-13H2,(H,15,16). The van der Waals surface area contributed by atoms with Crippen LogP contribution in [0.15, 0.2) is 18.2 Å². The van der Waals surface area contributed by atoms with E-state index in [0.717, 1.165) is 0 Å². The van der Waals surface area contributed by atoms with Gasteiger partial charge in [-0.3, -0.25) is 9.59 Å². The maximum absolute atomic E-state index is 11.5. The molecule has 5 N–H and O–H groups in total. The molecule has 0 aliphatic carbocycles. The van der Waals surface area contributed by atoms with Crippen LogP contribution in [0.5, 0.6) is 0 Å². The molecule has 16 heavy (non-hydrogen) atoms. The first-order chi connectivity index (χ1) is 7.54. The van der Waals surface area contributed by atoms with Gasteiger partial charge in [0.25, 0.3) is 0 Å². The van der Waals surface area contributed by atoms with E-state index in [9.17, 15) is 9.59 Å². The minimum Gasteiger partial charge on any atom is -0.481 e. The van der Waals surface area contributed by atoms with Gasteiger partial charge in [0.1, 0.15) is 0 Å². The Bertz CT molecular complexity index is 416. The van der Waals surface area contributed by atoms with E-state index >= 15 is 0 Å². The summed E-state index contributed by atoms with van der Waals surface area (Å²) in [5.74, 6) is -1.05. The third-order valence-electron chi connectivity index (χ3n) is 2.14. The fraction of sp³-hybridized carbons (Fsp3) is 0.273. The number of hydrogen-bond acceptors (Lipinski definition) is 4. The number of nitrogen functional groups attached to an aromatic ring is 1. The Hall–Kier alpha value is -1.88. The molecule has 0 amide bonds. The Balaban J connectivity index is 2.91. The van der Waals surface area contributed by atoms with Gasteiger partial charge in [0.15, 0.2) is 5.78 Å². The fourth-order valence-electron chi connectivity index (χ4n) is 1.42. The van der Waals surface area contributed by atoms with Crippen LogP contribution in [0.4, 0.5) is 5.69 Å². The van der Waals surface area contributed by atoms with Crippen LogP contribution in [0.2, 0.25) is 0 Å². The van der Waals surface area contributed by atoms with Crippen molar-refractivity contribution in [3.8, 4) is 0 Å². The number of hydrogen-bond donors (Lipinski definition) is 3. The molecule has 0 bridgehead atoms. The fourth-order valence-corrected chi connectivity index (χ4v) is 1.42. The van der Waals surface area contributed by atoms with Crippen molar-refractivity contribution in [2.75, 3.05) is 12.3 Å². The molecular weight excluding hydrogens is 208 g/mol. The molecule has 0 saturated carbocycles. The molecule has 0 fully saturated rings. The van der Waals surface area contributed by atoms with Crippen molar-refractivity contribution in [2.45, 2.75) is 12.8 Å². The third kappa shape index (κ3) is 3.06. The van der Waals surface area contributed by atoms with E-state index < -0.39 is 5.97 Å². The average molecular weight is 222 g/mol. The predicted octanol–water partition coefficient (Wildman–Crippen LogP) is 0.427. The lowest BCUT2D eigenvalue weighted by molar-refractivity contribution is -0.136. The zero-order valence-corrected chi connectivity index (χ0v) is 8.77. The molecule has 0 aliphatic heterocycles. The second kappa shape index (κ2) is 5.27. The molecule has 0 aliphatic rings. The first kappa shape index (κ1) is 12.2. The first-order valence-corrected chi connectivity index (χ1v) is 4.88. The largest absolute Gasteiger partial charge is 0.481 e. The van der Waals surface area contributed by atoms with Gasteiger partial charge in [-0.2, -0.15) is 0 Å². The number of benzene rings is 1. The van der Waals surface area contributed by atoms with E-state index in [2.05, 4.69) is 0 Å². The lowest BCUT2D eigenvalue weighted by atomic mass is 10.0.